The summed E-state index contributed by atoms with van der Waals surface area (Å²) in [5.41, 5.74) is 7.50. The predicted molar refractivity (Wildman–Crippen MR) is 241 cm³/mol. The molecule has 0 radical (unpaired) electrons. The highest BCUT2D eigenvalue weighted by molar-refractivity contribution is 7.28. The summed E-state index contributed by atoms with van der Waals surface area (Å²) in [5, 5.41) is 18.4. The summed E-state index contributed by atoms with van der Waals surface area (Å²) in [5.74, 6) is 0. The van der Waals surface area contributed by atoms with Gasteiger partial charge in [-0.3, -0.25) is 0 Å². The van der Waals surface area contributed by atoms with Gasteiger partial charge in [-0.25, -0.2) is 0 Å². The number of thiophene rings is 1. The monoisotopic (exact) mass is 712 g/mol. The Morgan fingerprint density at radius 2 is 0.600 bits per heavy atom. The molecule has 0 saturated heterocycles. The van der Waals surface area contributed by atoms with E-state index in [9.17, 15) is 0 Å². The molecule has 1 heterocycles. The molecule has 0 amide bonds. The SMILES string of the molecule is c1ccc(-c2c3ccccc3c(-c3cccc(-c4ccc5c6ccccc6c6c(sc7c8ccccc8c8ccccc8c76)c5c4)c3)c3ccccc23)cc1. The van der Waals surface area contributed by atoms with Crippen LogP contribution in [0.1, 0.15) is 0 Å². The third-order valence-electron chi connectivity index (χ3n) is 11.8. The fraction of sp³-hybridized carbons (Fsp3) is 0. The van der Waals surface area contributed by atoms with Gasteiger partial charge in [0.05, 0.1) is 0 Å². The third-order valence-corrected chi connectivity index (χ3v) is 13.1. The van der Waals surface area contributed by atoms with Crippen LogP contribution in [0.4, 0.5) is 0 Å². The average Bonchev–Trinajstić information content (AvgIpc) is 3.68. The van der Waals surface area contributed by atoms with Crippen LogP contribution >= 0.6 is 11.3 Å². The van der Waals surface area contributed by atoms with Crippen molar-refractivity contribution in [2.75, 3.05) is 0 Å². The lowest BCUT2D eigenvalue weighted by molar-refractivity contribution is 1.63. The van der Waals surface area contributed by atoms with Crippen LogP contribution in [-0.4, -0.2) is 0 Å². The van der Waals surface area contributed by atoms with Crippen LogP contribution in [0.3, 0.4) is 0 Å². The zero-order chi connectivity index (χ0) is 36.0. The van der Waals surface area contributed by atoms with E-state index in [1.165, 1.54) is 118 Å². The first-order chi connectivity index (χ1) is 27.3. The Morgan fingerprint density at radius 3 is 1.18 bits per heavy atom. The van der Waals surface area contributed by atoms with Crippen LogP contribution in [0.2, 0.25) is 0 Å². The van der Waals surface area contributed by atoms with Crippen LogP contribution in [0.15, 0.2) is 194 Å². The van der Waals surface area contributed by atoms with Crippen molar-refractivity contribution in [3.63, 3.8) is 0 Å². The fourth-order valence-electron chi connectivity index (χ4n) is 9.47. The minimum atomic E-state index is 1.22. The van der Waals surface area contributed by atoms with E-state index >= 15 is 0 Å². The Labute approximate surface area is 322 Å². The zero-order valence-corrected chi connectivity index (χ0v) is 30.7. The van der Waals surface area contributed by atoms with Crippen molar-refractivity contribution in [3.05, 3.63) is 194 Å². The molecule has 0 N–H and O–H groups in total. The molecular formula is C54H32S. The zero-order valence-electron chi connectivity index (χ0n) is 29.9. The number of hydrogen-bond donors (Lipinski definition) is 0. The third kappa shape index (κ3) is 4.45. The van der Waals surface area contributed by atoms with Gasteiger partial charge >= 0.3 is 0 Å². The van der Waals surface area contributed by atoms with E-state index in [-0.39, 0.29) is 0 Å². The molecule has 0 bridgehead atoms. The molecule has 12 aromatic rings. The van der Waals surface area contributed by atoms with Gasteiger partial charge < -0.3 is 0 Å². The molecule has 0 atom stereocenters. The van der Waals surface area contributed by atoms with Crippen LogP contribution < -0.4 is 0 Å². The molecule has 1 heteroatoms. The lowest BCUT2D eigenvalue weighted by Gasteiger charge is -2.18. The summed E-state index contributed by atoms with van der Waals surface area (Å²) >= 11 is 1.96. The summed E-state index contributed by atoms with van der Waals surface area (Å²) in [4.78, 5) is 0. The van der Waals surface area contributed by atoms with E-state index in [1.54, 1.807) is 0 Å². The van der Waals surface area contributed by atoms with E-state index < -0.39 is 0 Å². The largest absolute Gasteiger partial charge is 0.134 e. The van der Waals surface area contributed by atoms with E-state index in [1.807, 2.05) is 11.3 Å². The first-order valence-electron chi connectivity index (χ1n) is 19.0. The number of fused-ring (bicyclic) bond motifs is 15. The van der Waals surface area contributed by atoms with Crippen molar-refractivity contribution in [3.8, 4) is 33.4 Å². The second-order valence-electron chi connectivity index (χ2n) is 14.7. The second kappa shape index (κ2) is 11.9. The second-order valence-corrected chi connectivity index (χ2v) is 15.7. The Kier molecular flexibility index (Phi) is 6.60. The molecule has 0 aliphatic heterocycles. The number of rotatable bonds is 3. The van der Waals surface area contributed by atoms with Crippen LogP contribution in [-0.2, 0) is 0 Å². The first-order valence-corrected chi connectivity index (χ1v) is 19.8. The fourth-order valence-corrected chi connectivity index (χ4v) is 10.9. The minimum absolute atomic E-state index is 1.22. The topological polar surface area (TPSA) is 0 Å². The Morgan fingerprint density at radius 1 is 0.218 bits per heavy atom. The maximum absolute atomic E-state index is 2.46. The molecule has 0 aliphatic carbocycles. The molecule has 1 aromatic heterocycles. The molecule has 0 aliphatic rings. The Hall–Kier alpha value is -6.80. The predicted octanol–water partition coefficient (Wildman–Crippen LogP) is 16.0. The van der Waals surface area contributed by atoms with E-state index in [0.29, 0.717) is 0 Å². The van der Waals surface area contributed by atoms with Gasteiger partial charge in [0.1, 0.15) is 0 Å². The average molecular weight is 713 g/mol. The summed E-state index contributed by atoms with van der Waals surface area (Å²) in [6.45, 7) is 0. The summed E-state index contributed by atoms with van der Waals surface area (Å²) in [7, 11) is 0. The molecule has 0 unspecified atom stereocenters. The van der Waals surface area contributed by atoms with Crippen LogP contribution in [0, 0.1) is 0 Å². The van der Waals surface area contributed by atoms with Gasteiger partial charge in [-0.05, 0) is 99.4 Å². The smallest absolute Gasteiger partial charge is 0.0440 e. The van der Waals surface area contributed by atoms with E-state index in [4.69, 9.17) is 0 Å². The van der Waals surface area contributed by atoms with Crippen molar-refractivity contribution in [1.29, 1.82) is 0 Å². The molecule has 0 saturated carbocycles. The molecule has 0 nitrogen and oxygen atoms in total. The van der Waals surface area contributed by atoms with Crippen molar-refractivity contribution < 1.29 is 0 Å². The van der Waals surface area contributed by atoms with Gasteiger partial charge in [0, 0.05) is 30.9 Å². The van der Waals surface area contributed by atoms with E-state index in [0.717, 1.165) is 0 Å². The molecule has 12 rings (SSSR count). The maximum atomic E-state index is 2.46. The summed E-state index contributed by atoms with van der Waals surface area (Å²) in [6, 6.07) is 71.9. The molecule has 0 spiro atoms. The van der Waals surface area contributed by atoms with Gasteiger partial charge in [-0.1, -0.05) is 182 Å². The highest BCUT2D eigenvalue weighted by atomic mass is 32.1. The van der Waals surface area contributed by atoms with E-state index in [2.05, 4.69) is 194 Å². The molecular weight excluding hydrogens is 681 g/mol. The molecule has 0 fully saturated rings. The van der Waals surface area contributed by atoms with Crippen LogP contribution in [0.25, 0.3) is 118 Å². The van der Waals surface area contributed by atoms with Gasteiger partial charge in [-0.2, -0.15) is 0 Å². The van der Waals surface area contributed by atoms with Gasteiger partial charge in [-0.15, -0.1) is 11.3 Å². The quantitative estimate of drug-likeness (QED) is 0.126. The summed E-state index contributed by atoms with van der Waals surface area (Å²) in [6.07, 6.45) is 0. The highest BCUT2D eigenvalue weighted by Crippen LogP contribution is 2.50. The summed E-state index contributed by atoms with van der Waals surface area (Å²) < 4.78 is 2.73. The maximum Gasteiger partial charge on any atom is 0.0440 e. The van der Waals surface area contributed by atoms with Crippen molar-refractivity contribution in [1.82, 2.24) is 0 Å². The highest BCUT2D eigenvalue weighted by Gasteiger charge is 2.20. The lowest BCUT2D eigenvalue weighted by Crippen LogP contribution is -1.91. The normalized spacial score (nSPS) is 12.0. The Bertz CT molecular complexity index is 3480. The molecule has 11 aromatic carbocycles. The Balaban J connectivity index is 1.13. The molecule has 254 valence electrons. The van der Waals surface area contributed by atoms with Crippen molar-refractivity contribution in [2.24, 2.45) is 0 Å². The van der Waals surface area contributed by atoms with Crippen molar-refractivity contribution >= 4 is 96.1 Å². The van der Waals surface area contributed by atoms with Gasteiger partial charge in [0.2, 0.25) is 0 Å². The van der Waals surface area contributed by atoms with Gasteiger partial charge in [0.25, 0.3) is 0 Å². The van der Waals surface area contributed by atoms with Gasteiger partial charge in [0.15, 0.2) is 0 Å². The molecule has 55 heavy (non-hydrogen) atoms. The van der Waals surface area contributed by atoms with Crippen molar-refractivity contribution in [2.45, 2.75) is 0 Å². The first kappa shape index (κ1) is 30.6. The lowest BCUT2D eigenvalue weighted by atomic mass is 9.85. The standard InChI is InChI=1S/C54H32S/c1-2-15-33(16-3-1)49-43-24-9-11-26-45(43)50(46-27-12-10-25-44(46)49)36-18-14-17-34(31-36)35-29-30-40-38-20-5-8-23-42(38)52-51-41-22-7-4-19-37(41)39-21-6-13-28-47(39)53(51)55-54(52)48(40)32-35/h1-32H. The minimum Gasteiger partial charge on any atom is -0.134 e. The number of benzene rings is 11. The van der Waals surface area contributed by atoms with Crippen LogP contribution in [0.5, 0.6) is 0 Å². The number of hydrogen-bond acceptors (Lipinski definition) is 1.